The van der Waals surface area contributed by atoms with Crippen LogP contribution in [0.25, 0.3) is 6.08 Å². The number of rotatable bonds is 6. The molecule has 0 N–H and O–H groups in total. The molecule has 1 aliphatic carbocycles. The van der Waals surface area contributed by atoms with E-state index >= 15 is 0 Å². The first-order valence-corrected chi connectivity index (χ1v) is 6.26. The van der Waals surface area contributed by atoms with Crippen molar-refractivity contribution in [3.8, 4) is 11.5 Å². The molecule has 20 heavy (non-hydrogen) atoms. The molecule has 1 aliphatic rings. The second-order valence-corrected chi connectivity index (χ2v) is 4.56. The largest absolute Gasteiger partial charge is 0.545 e. The van der Waals surface area contributed by atoms with Gasteiger partial charge in [-0.25, -0.2) is 0 Å². The first-order chi connectivity index (χ1) is 9.58. The second kappa shape index (κ2) is 5.77. The van der Waals surface area contributed by atoms with Crippen LogP contribution in [-0.4, -0.2) is 26.0 Å². The van der Waals surface area contributed by atoms with Crippen molar-refractivity contribution in [1.29, 1.82) is 0 Å². The van der Waals surface area contributed by atoms with E-state index in [0.717, 1.165) is 12.8 Å². The van der Waals surface area contributed by atoms with Gasteiger partial charge in [0.25, 0.3) is 0 Å². The predicted molar refractivity (Wildman–Crippen MR) is 70.6 cm³/mol. The number of hydrogen-bond donors (Lipinski definition) is 0. The van der Waals surface area contributed by atoms with Crippen LogP contribution in [0, 0.1) is 5.92 Å². The smallest absolute Gasteiger partial charge is 0.170 e. The monoisotopic (exact) mass is 275 g/mol. The summed E-state index contributed by atoms with van der Waals surface area (Å²) in [5.74, 6) is -0.868. The lowest BCUT2D eigenvalue weighted by Crippen LogP contribution is -2.24. The number of allylic oxidation sites excluding steroid dienone is 1. The first kappa shape index (κ1) is 14.1. The highest BCUT2D eigenvalue weighted by Gasteiger charge is 2.27. The van der Waals surface area contributed by atoms with Gasteiger partial charge in [-0.3, -0.25) is 4.79 Å². The molecule has 0 spiro atoms. The van der Waals surface area contributed by atoms with Crippen molar-refractivity contribution in [3.05, 3.63) is 29.3 Å². The maximum atomic E-state index is 11.6. The summed E-state index contributed by atoms with van der Waals surface area (Å²) in [4.78, 5) is 22.9. The minimum Gasteiger partial charge on any atom is -0.545 e. The molecule has 0 radical (unpaired) electrons. The zero-order chi connectivity index (χ0) is 14.7. The van der Waals surface area contributed by atoms with E-state index < -0.39 is 5.97 Å². The lowest BCUT2D eigenvalue weighted by molar-refractivity contribution is -0.255. The van der Waals surface area contributed by atoms with Gasteiger partial charge in [0.2, 0.25) is 0 Å². The molecule has 1 fully saturated rings. The van der Waals surface area contributed by atoms with Crippen molar-refractivity contribution in [1.82, 2.24) is 0 Å². The zero-order valence-electron chi connectivity index (χ0n) is 11.3. The Morgan fingerprint density at radius 1 is 1.25 bits per heavy atom. The molecule has 2 rings (SSSR count). The van der Waals surface area contributed by atoms with E-state index in [-0.39, 0.29) is 23.0 Å². The third kappa shape index (κ3) is 2.82. The van der Waals surface area contributed by atoms with Gasteiger partial charge in [0, 0.05) is 5.92 Å². The summed E-state index contributed by atoms with van der Waals surface area (Å²) in [6.07, 6.45) is 4.70. The Labute approximate surface area is 116 Å². The van der Waals surface area contributed by atoms with Gasteiger partial charge < -0.3 is 19.4 Å². The van der Waals surface area contributed by atoms with Gasteiger partial charge >= 0.3 is 0 Å². The molecule has 1 aromatic carbocycles. The van der Waals surface area contributed by atoms with Crippen molar-refractivity contribution in [2.24, 2.45) is 5.92 Å². The van der Waals surface area contributed by atoms with E-state index in [1.165, 1.54) is 26.4 Å². The second-order valence-electron chi connectivity index (χ2n) is 4.56. The summed E-state index contributed by atoms with van der Waals surface area (Å²) < 4.78 is 10.1. The van der Waals surface area contributed by atoms with Crippen molar-refractivity contribution in [2.75, 3.05) is 14.2 Å². The molecule has 0 aromatic heterocycles. The predicted octanol–water partition coefficient (Wildman–Crippen LogP) is 1.06. The fraction of sp³-hybridized carbons (Fsp3) is 0.333. The number of carboxylic acid groups (broad SMARTS) is 1. The maximum absolute atomic E-state index is 11.6. The Kier molecular flexibility index (Phi) is 4.08. The van der Waals surface area contributed by atoms with Gasteiger partial charge in [0.15, 0.2) is 17.3 Å². The van der Waals surface area contributed by atoms with Crippen LogP contribution < -0.4 is 14.6 Å². The minimum absolute atomic E-state index is 0.0177. The normalized spacial score (nSPS) is 14.3. The molecule has 0 saturated heterocycles. The van der Waals surface area contributed by atoms with E-state index in [4.69, 9.17) is 9.47 Å². The van der Waals surface area contributed by atoms with Gasteiger partial charge in [-0.15, -0.1) is 0 Å². The Bertz CT molecular complexity index is 570. The Morgan fingerprint density at radius 3 is 2.45 bits per heavy atom. The number of carbonyl (C=O) groups excluding carboxylic acids is 2. The van der Waals surface area contributed by atoms with E-state index in [0.29, 0.717) is 11.3 Å². The quantitative estimate of drug-likeness (QED) is 0.726. The Balaban J connectivity index is 2.41. The summed E-state index contributed by atoms with van der Waals surface area (Å²) in [6.45, 7) is 0. The molecule has 5 nitrogen and oxygen atoms in total. The zero-order valence-corrected chi connectivity index (χ0v) is 11.3. The molecule has 1 aromatic rings. The summed E-state index contributed by atoms with van der Waals surface area (Å²) in [6, 6.07) is 3.15. The van der Waals surface area contributed by atoms with E-state index in [2.05, 4.69) is 0 Å². The Hall–Kier alpha value is -2.30. The number of ether oxygens (including phenoxy) is 2. The van der Waals surface area contributed by atoms with E-state index in [1.54, 1.807) is 12.1 Å². The number of methoxy groups -OCH3 is 2. The lowest BCUT2D eigenvalue weighted by atomic mass is 10.0. The lowest BCUT2D eigenvalue weighted by Gasteiger charge is -2.15. The molecule has 0 bridgehead atoms. The molecule has 0 atom stereocenters. The molecule has 106 valence electrons. The van der Waals surface area contributed by atoms with Crippen LogP contribution in [0.2, 0.25) is 0 Å². The highest BCUT2D eigenvalue weighted by Crippen LogP contribution is 2.34. The number of aromatic carboxylic acids is 1. The van der Waals surface area contributed by atoms with Crippen LogP contribution >= 0.6 is 0 Å². The molecule has 0 heterocycles. The van der Waals surface area contributed by atoms with Crippen molar-refractivity contribution < 1.29 is 24.2 Å². The van der Waals surface area contributed by atoms with E-state index in [1.807, 2.05) is 0 Å². The highest BCUT2D eigenvalue weighted by molar-refractivity contribution is 6.00. The van der Waals surface area contributed by atoms with Crippen LogP contribution in [0.3, 0.4) is 0 Å². The van der Waals surface area contributed by atoms with Crippen LogP contribution in [0.5, 0.6) is 11.5 Å². The third-order valence-corrected chi connectivity index (χ3v) is 3.19. The molecule has 1 saturated carbocycles. The summed E-state index contributed by atoms with van der Waals surface area (Å²) in [5, 5.41) is 11.3. The number of carboxylic acids is 1. The van der Waals surface area contributed by atoms with Crippen molar-refractivity contribution in [3.63, 3.8) is 0 Å². The van der Waals surface area contributed by atoms with Crippen molar-refractivity contribution >= 4 is 17.8 Å². The van der Waals surface area contributed by atoms with Crippen molar-refractivity contribution in [2.45, 2.75) is 12.8 Å². The number of carbonyl (C=O) groups is 2. The third-order valence-electron chi connectivity index (χ3n) is 3.19. The summed E-state index contributed by atoms with van der Waals surface area (Å²) >= 11 is 0. The van der Waals surface area contributed by atoms with E-state index in [9.17, 15) is 14.7 Å². The van der Waals surface area contributed by atoms with Gasteiger partial charge in [-0.2, -0.15) is 0 Å². The molecular weight excluding hydrogens is 260 g/mol. The molecule has 0 aliphatic heterocycles. The maximum Gasteiger partial charge on any atom is 0.170 e. The molecule has 0 unspecified atom stereocenters. The number of hydrogen-bond acceptors (Lipinski definition) is 5. The fourth-order valence-corrected chi connectivity index (χ4v) is 1.97. The fourth-order valence-electron chi connectivity index (χ4n) is 1.97. The van der Waals surface area contributed by atoms with Crippen LogP contribution in [0.4, 0.5) is 0 Å². The Morgan fingerprint density at radius 2 is 1.95 bits per heavy atom. The highest BCUT2D eigenvalue weighted by atomic mass is 16.5. The average Bonchev–Trinajstić information content (AvgIpc) is 3.27. The summed E-state index contributed by atoms with van der Waals surface area (Å²) in [5.41, 5.74) is 0.239. The van der Waals surface area contributed by atoms with Crippen LogP contribution in [-0.2, 0) is 4.79 Å². The topological polar surface area (TPSA) is 75.7 Å². The summed E-state index contributed by atoms with van der Waals surface area (Å²) in [7, 11) is 2.77. The average molecular weight is 275 g/mol. The molecule has 5 heteroatoms. The first-order valence-electron chi connectivity index (χ1n) is 6.26. The van der Waals surface area contributed by atoms with Gasteiger partial charge in [-0.05, 0) is 30.5 Å². The number of ketones is 1. The number of benzene rings is 1. The van der Waals surface area contributed by atoms with Gasteiger partial charge in [0.05, 0.1) is 25.8 Å². The van der Waals surface area contributed by atoms with Gasteiger partial charge in [0.1, 0.15) is 0 Å². The van der Waals surface area contributed by atoms with Crippen LogP contribution in [0.15, 0.2) is 18.2 Å². The SMILES string of the molecule is COc1ccc(/C=C/C(=O)C2CC2)c(C(=O)[O-])c1OC. The minimum atomic E-state index is -1.38. The van der Waals surface area contributed by atoms with Crippen LogP contribution in [0.1, 0.15) is 28.8 Å². The van der Waals surface area contributed by atoms with Gasteiger partial charge in [-0.1, -0.05) is 12.1 Å². The molecular formula is C15H15O5-. The molecule has 0 amide bonds. The standard InChI is InChI=1S/C15H16O5/c1-19-12-8-6-10(5-7-11(16)9-3-4-9)13(15(17)18)14(12)20-2/h5-9H,3-4H2,1-2H3,(H,17,18)/p-1/b7-5+.